The lowest BCUT2D eigenvalue weighted by Crippen LogP contribution is -2.37. The normalized spacial score (nSPS) is 20.5. The van der Waals surface area contributed by atoms with Crippen molar-refractivity contribution in [2.24, 2.45) is 0 Å². The van der Waals surface area contributed by atoms with E-state index in [1.165, 1.54) is 48.8 Å². The third-order valence-electron chi connectivity index (χ3n) is 5.03. The lowest BCUT2D eigenvalue weighted by atomic mass is 9.88. The molecule has 3 heteroatoms. The van der Waals surface area contributed by atoms with Gasteiger partial charge < -0.3 is 10.6 Å². The molecule has 0 saturated carbocycles. The van der Waals surface area contributed by atoms with Gasteiger partial charge in [0.05, 0.1) is 6.54 Å². The molecule has 0 saturated heterocycles. The number of nitrogens with one attached hydrogen (secondary N) is 2. The number of hydrogen-bond acceptors (Lipinski definition) is 2. The van der Waals surface area contributed by atoms with Crippen molar-refractivity contribution in [2.45, 2.75) is 57.4 Å². The molecule has 2 N–H and O–H groups in total. The number of aryl methyl sites for hydroxylation is 1. The number of carbonyl (C=O) groups excluding carboxylic acids is 1. The summed E-state index contributed by atoms with van der Waals surface area (Å²) in [6.07, 6.45) is 11.9. The molecule has 0 bridgehead atoms. The minimum atomic E-state index is 0.115. The van der Waals surface area contributed by atoms with E-state index in [0.717, 1.165) is 25.8 Å². The minimum Gasteiger partial charge on any atom is -0.355 e. The van der Waals surface area contributed by atoms with Gasteiger partial charge in [-0.3, -0.25) is 4.79 Å². The smallest absolute Gasteiger partial charge is 0.233 e. The van der Waals surface area contributed by atoms with Crippen LogP contribution in [0.25, 0.3) is 0 Å². The second kappa shape index (κ2) is 8.30. The Morgan fingerprint density at radius 1 is 1.13 bits per heavy atom. The molecule has 0 aromatic heterocycles. The van der Waals surface area contributed by atoms with Crippen LogP contribution in [0.15, 0.2) is 35.9 Å². The molecule has 23 heavy (non-hydrogen) atoms. The predicted molar refractivity (Wildman–Crippen MR) is 94.3 cm³/mol. The fraction of sp³-hybridized carbons (Fsp3) is 0.550. The molecule has 0 aliphatic heterocycles. The third kappa shape index (κ3) is 4.68. The van der Waals surface area contributed by atoms with Gasteiger partial charge in [0.25, 0.3) is 0 Å². The van der Waals surface area contributed by atoms with Crippen LogP contribution in [0, 0.1) is 0 Å². The summed E-state index contributed by atoms with van der Waals surface area (Å²) in [4.78, 5) is 12.0. The van der Waals surface area contributed by atoms with Crippen LogP contribution in [-0.4, -0.2) is 19.0 Å². The first-order chi connectivity index (χ1) is 11.3. The monoisotopic (exact) mass is 312 g/mol. The lowest BCUT2D eigenvalue weighted by Gasteiger charge is -2.26. The van der Waals surface area contributed by atoms with E-state index in [0.29, 0.717) is 12.6 Å². The molecule has 0 fully saturated rings. The highest BCUT2D eigenvalue weighted by molar-refractivity contribution is 5.78. The Morgan fingerprint density at radius 2 is 2.04 bits per heavy atom. The van der Waals surface area contributed by atoms with Crippen molar-refractivity contribution >= 4 is 5.91 Å². The Labute approximate surface area is 139 Å². The van der Waals surface area contributed by atoms with Crippen molar-refractivity contribution in [3.8, 4) is 0 Å². The van der Waals surface area contributed by atoms with Crippen LogP contribution in [0.1, 0.15) is 62.1 Å². The topological polar surface area (TPSA) is 41.1 Å². The van der Waals surface area contributed by atoms with E-state index in [1.54, 1.807) is 0 Å². The number of allylic oxidation sites excluding steroid dienone is 1. The highest BCUT2D eigenvalue weighted by Crippen LogP contribution is 2.29. The molecule has 1 aromatic rings. The molecule has 3 nitrogen and oxygen atoms in total. The van der Waals surface area contributed by atoms with Gasteiger partial charge in [0, 0.05) is 12.6 Å². The summed E-state index contributed by atoms with van der Waals surface area (Å²) in [5.74, 6) is 0.115. The maximum absolute atomic E-state index is 12.0. The molecule has 0 unspecified atom stereocenters. The van der Waals surface area contributed by atoms with E-state index in [1.807, 2.05) is 0 Å². The average Bonchev–Trinajstić information content (AvgIpc) is 2.61. The molecule has 0 heterocycles. The number of rotatable bonds is 6. The van der Waals surface area contributed by atoms with Crippen LogP contribution in [0.4, 0.5) is 0 Å². The predicted octanol–water partition coefficient (Wildman–Crippen LogP) is 3.66. The molecule has 0 spiro atoms. The Kier molecular flexibility index (Phi) is 5.87. The van der Waals surface area contributed by atoms with Gasteiger partial charge in [-0.1, -0.05) is 35.9 Å². The Hall–Kier alpha value is -1.61. The molecule has 1 atom stereocenters. The van der Waals surface area contributed by atoms with E-state index in [4.69, 9.17) is 0 Å². The van der Waals surface area contributed by atoms with Crippen molar-refractivity contribution in [1.29, 1.82) is 0 Å². The fourth-order valence-corrected chi connectivity index (χ4v) is 3.74. The molecule has 2 aliphatic carbocycles. The molecule has 3 rings (SSSR count). The zero-order valence-corrected chi connectivity index (χ0v) is 13.9. The molecule has 0 radical (unpaired) electrons. The Bertz CT molecular complexity index is 565. The molecular weight excluding hydrogens is 284 g/mol. The van der Waals surface area contributed by atoms with Crippen molar-refractivity contribution < 1.29 is 4.79 Å². The van der Waals surface area contributed by atoms with Gasteiger partial charge in [0.2, 0.25) is 5.91 Å². The molecule has 1 aromatic carbocycles. The minimum absolute atomic E-state index is 0.115. The molecular formula is C20H28N2O. The number of carbonyl (C=O) groups is 1. The summed E-state index contributed by atoms with van der Waals surface area (Å²) in [5.41, 5.74) is 4.32. The first-order valence-electron chi connectivity index (χ1n) is 9.09. The summed E-state index contributed by atoms with van der Waals surface area (Å²) in [7, 11) is 0. The van der Waals surface area contributed by atoms with E-state index in [2.05, 4.69) is 41.0 Å². The second-order valence-electron chi connectivity index (χ2n) is 6.73. The first-order valence-corrected chi connectivity index (χ1v) is 9.09. The van der Waals surface area contributed by atoms with Crippen LogP contribution >= 0.6 is 0 Å². The van der Waals surface area contributed by atoms with Gasteiger partial charge in [0.1, 0.15) is 0 Å². The zero-order valence-electron chi connectivity index (χ0n) is 13.9. The molecule has 1 amide bonds. The van der Waals surface area contributed by atoms with Crippen LogP contribution < -0.4 is 10.6 Å². The fourth-order valence-electron chi connectivity index (χ4n) is 3.74. The largest absolute Gasteiger partial charge is 0.355 e. The van der Waals surface area contributed by atoms with Crippen molar-refractivity contribution in [2.75, 3.05) is 13.1 Å². The van der Waals surface area contributed by atoms with Gasteiger partial charge >= 0.3 is 0 Å². The maximum Gasteiger partial charge on any atom is 0.233 e. The summed E-state index contributed by atoms with van der Waals surface area (Å²) < 4.78 is 0. The highest BCUT2D eigenvalue weighted by Gasteiger charge is 2.19. The maximum atomic E-state index is 12.0. The van der Waals surface area contributed by atoms with Crippen LogP contribution in [0.3, 0.4) is 0 Å². The summed E-state index contributed by atoms with van der Waals surface area (Å²) in [5, 5.41) is 6.49. The third-order valence-corrected chi connectivity index (χ3v) is 5.03. The summed E-state index contributed by atoms with van der Waals surface area (Å²) in [6, 6.07) is 8.93. The Balaban J connectivity index is 1.40. The SMILES string of the molecule is O=C(CN[C@@H]1CCCc2ccccc21)NCCC1=CCCCC1. The lowest BCUT2D eigenvalue weighted by molar-refractivity contribution is -0.120. The van der Waals surface area contributed by atoms with Crippen LogP contribution in [0.2, 0.25) is 0 Å². The van der Waals surface area contributed by atoms with Crippen LogP contribution in [0.5, 0.6) is 0 Å². The van der Waals surface area contributed by atoms with Gasteiger partial charge in [-0.15, -0.1) is 0 Å². The van der Waals surface area contributed by atoms with E-state index in [-0.39, 0.29) is 5.91 Å². The molecule has 124 valence electrons. The average molecular weight is 312 g/mol. The standard InChI is InChI=1S/C20H28N2O/c23-20(21-14-13-16-7-2-1-3-8-16)15-22-19-12-6-10-17-9-4-5-11-18(17)19/h4-5,7,9,11,19,22H,1-3,6,8,10,12-15H2,(H,21,23)/t19-/m1/s1. The van der Waals surface area contributed by atoms with Gasteiger partial charge in [0.15, 0.2) is 0 Å². The van der Waals surface area contributed by atoms with E-state index >= 15 is 0 Å². The summed E-state index contributed by atoms with van der Waals surface area (Å²) in [6.45, 7) is 1.19. The van der Waals surface area contributed by atoms with Crippen molar-refractivity contribution in [3.05, 3.63) is 47.0 Å². The Morgan fingerprint density at radius 3 is 2.91 bits per heavy atom. The number of hydrogen-bond donors (Lipinski definition) is 2. The van der Waals surface area contributed by atoms with Crippen molar-refractivity contribution in [1.82, 2.24) is 10.6 Å². The highest BCUT2D eigenvalue weighted by atomic mass is 16.1. The molecule has 2 aliphatic rings. The van der Waals surface area contributed by atoms with Crippen molar-refractivity contribution in [3.63, 3.8) is 0 Å². The van der Waals surface area contributed by atoms with Gasteiger partial charge in [-0.05, 0) is 62.5 Å². The number of benzene rings is 1. The summed E-state index contributed by atoms with van der Waals surface area (Å²) >= 11 is 0. The number of fused-ring (bicyclic) bond motifs is 1. The second-order valence-corrected chi connectivity index (χ2v) is 6.73. The van der Waals surface area contributed by atoms with Gasteiger partial charge in [-0.2, -0.15) is 0 Å². The van der Waals surface area contributed by atoms with E-state index < -0.39 is 0 Å². The number of amides is 1. The quantitative estimate of drug-likeness (QED) is 0.787. The van der Waals surface area contributed by atoms with Crippen LogP contribution in [-0.2, 0) is 11.2 Å². The first kappa shape index (κ1) is 16.3. The zero-order chi connectivity index (χ0) is 15.9. The van der Waals surface area contributed by atoms with Gasteiger partial charge in [-0.25, -0.2) is 0 Å². The van der Waals surface area contributed by atoms with E-state index in [9.17, 15) is 4.79 Å².